The predicted molar refractivity (Wildman–Crippen MR) is 53.3 cm³/mol. The van der Waals surface area contributed by atoms with Crippen LogP contribution >= 0.6 is 0 Å². The summed E-state index contributed by atoms with van der Waals surface area (Å²) >= 11 is 0. The Kier molecular flexibility index (Phi) is 5.51. The van der Waals surface area contributed by atoms with E-state index < -0.39 is 0 Å². The van der Waals surface area contributed by atoms with Gasteiger partial charge in [0.2, 0.25) is 0 Å². The number of aliphatic hydroxyl groups is 1. The van der Waals surface area contributed by atoms with Crippen LogP contribution < -0.4 is 5.32 Å². The van der Waals surface area contributed by atoms with Crippen LogP contribution in [-0.4, -0.2) is 23.3 Å². The van der Waals surface area contributed by atoms with Gasteiger partial charge >= 0.3 is 0 Å². The molecule has 0 aromatic carbocycles. The average molecular weight is 173 g/mol. The molecule has 0 aliphatic rings. The van der Waals surface area contributed by atoms with Gasteiger partial charge in [-0.2, -0.15) is 0 Å². The minimum atomic E-state index is -0.121. The predicted octanol–water partition coefficient (Wildman–Crippen LogP) is 1.93. The Morgan fingerprint density at radius 2 is 1.83 bits per heavy atom. The Morgan fingerprint density at radius 3 is 2.25 bits per heavy atom. The summed E-state index contributed by atoms with van der Waals surface area (Å²) in [6, 6.07) is 0. The summed E-state index contributed by atoms with van der Waals surface area (Å²) in [5.41, 5.74) is 0.173. The maximum Gasteiger partial charge on any atom is 0.0552 e. The van der Waals surface area contributed by atoms with E-state index >= 15 is 0 Å². The van der Waals surface area contributed by atoms with E-state index in [-0.39, 0.29) is 11.6 Å². The fraction of sp³-hybridized carbons (Fsp3) is 1.00. The third-order valence-corrected chi connectivity index (χ3v) is 1.75. The zero-order chi connectivity index (χ0) is 9.61. The number of hydrogen-bond donors (Lipinski definition) is 2. The molecule has 0 saturated heterocycles. The Morgan fingerprint density at radius 1 is 1.25 bits per heavy atom. The van der Waals surface area contributed by atoms with E-state index in [0.29, 0.717) is 0 Å². The van der Waals surface area contributed by atoms with Gasteiger partial charge in [0.05, 0.1) is 6.10 Å². The highest BCUT2D eigenvalue weighted by atomic mass is 16.3. The standard InChI is InChI=1S/C10H23NO/c1-5-6-9(12)7-8-11-10(2,3)4/h9,11-12H,5-8H2,1-4H3. The molecule has 0 amide bonds. The quantitative estimate of drug-likeness (QED) is 0.666. The zero-order valence-corrected chi connectivity index (χ0v) is 8.85. The van der Waals surface area contributed by atoms with Crippen molar-refractivity contribution in [1.29, 1.82) is 0 Å². The van der Waals surface area contributed by atoms with Crippen LogP contribution in [-0.2, 0) is 0 Å². The molecule has 0 heterocycles. The number of aliphatic hydroxyl groups excluding tert-OH is 1. The molecule has 1 unspecified atom stereocenters. The van der Waals surface area contributed by atoms with Crippen molar-refractivity contribution in [3.63, 3.8) is 0 Å². The molecule has 74 valence electrons. The molecule has 2 heteroatoms. The fourth-order valence-corrected chi connectivity index (χ4v) is 1.09. The van der Waals surface area contributed by atoms with E-state index in [4.69, 9.17) is 0 Å². The van der Waals surface area contributed by atoms with E-state index in [1.807, 2.05) is 0 Å². The van der Waals surface area contributed by atoms with Crippen molar-refractivity contribution in [3.05, 3.63) is 0 Å². The van der Waals surface area contributed by atoms with Crippen LogP contribution in [0.25, 0.3) is 0 Å². The summed E-state index contributed by atoms with van der Waals surface area (Å²) in [5, 5.41) is 12.8. The topological polar surface area (TPSA) is 32.3 Å². The zero-order valence-electron chi connectivity index (χ0n) is 8.85. The molecule has 2 nitrogen and oxygen atoms in total. The summed E-state index contributed by atoms with van der Waals surface area (Å²) in [5.74, 6) is 0. The minimum Gasteiger partial charge on any atom is -0.393 e. The molecule has 2 N–H and O–H groups in total. The van der Waals surface area contributed by atoms with Crippen molar-refractivity contribution < 1.29 is 5.11 Å². The molecule has 0 spiro atoms. The lowest BCUT2D eigenvalue weighted by atomic mass is 10.1. The smallest absolute Gasteiger partial charge is 0.0552 e. The van der Waals surface area contributed by atoms with Gasteiger partial charge in [0, 0.05) is 5.54 Å². The molecule has 0 bridgehead atoms. The lowest BCUT2D eigenvalue weighted by molar-refractivity contribution is 0.150. The molecule has 0 saturated carbocycles. The van der Waals surface area contributed by atoms with Gasteiger partial charge in [-0.1, -0.05) is 13.3 Å². The lowest BCUT2D eigenvalue weighted by Gasteiger charge is -2.21. The molecule has 0 aromatic rings. The van der Waals surface area contributed by atoms with E-state index in [2.05, 4.69) is 33.0 Å². The summed E-state index contributed by atoms with van der Waals surface area (Å²) in [7, 11) is 0. The molecule has 0 fully saturated rings. The van der Waals surface area contributed by atoms with Gasteiger partial charge in [0.15, 0.2) is 0 Å². The first kappa shape index (κ1) is 11.9. The molecule has 0 radical (unpaired) electrons. The second-order valence-electron chi connectivity index (χ2n) is 4.41. The molecule has 0 rings (SSSR count). The molecular weight excluding hydrogens is 150 g/mol. The first-order chi connectivity index (χ1) is 5.45. The van der Waals surface area contributed by atoms with Gasteiger partial charge in [-0.3, -0.25) is 0 Å². The minimum absolute atomic E-state index is 0.121. The Balaban J connectivity index is 3.31. The molecule has 0 aromatic heterocycles. The Hall–Kier alpha value is -0.0800. The summed E-state index contributed by atoms with van der Waals surface area (Å²) in [6.07, 6.45) is 2.73. The average Bonchev–Trinajstić information content (AvgIpc) is 1.84. The van der Waals surface area contributed by atoms with Crippen molar-refractivity contribution in [3.8, 4) is 0 Å². The normalized spacial score (nSPS) is 14.8. The Labute approximate surface area is 76.4 Å². The summed E-state index contributed by atoms with van der Waals surface area (Å²) in [6.45, 7) is 9.42. The molecule has 0 aliphatic carbocycles. The maximum atomic E-state index is 9.41. The summed E-state index contributed by atoms with van der Waals surface area (Å²) < 4.78 is 0. The summed E-state index contributed by atoms with van der Waals surface area (Å²) in [4.78, 5) is 0. The molecular formula is C10H23NO. The van der Waals surface area contributed by atoms with Crippen LogP contribution in [0, 0.1) is 0 Å². The van der Waals surface area contributed by atoms with Crippen molar-refractivity contribution in [1.82, 2.24) is 5.32 Å². The first-order valence-electron chi connectivity index (χ1n) is 4.89. The SMILES string of the molecule is CCCC(O)CCNC(C)(C)C. The molecule has 0 aliphatic heterocycles. The van der Waals surface area contributed by atoms with Crippen LogP contribution in [0.15, 0.2) is 0 Å². The first-order valence-corrected chi connectivity index (χ1v) is 4.89. The van der Waals surface area contributed by atoms with Gasteiger partial charge in [-0.15, -0.1) is 0 Å². The van der Waals surface area contributed by atoms with Crippen molar-refractivity contribution >= 4 is 0 Å². The monoisotopic (exact) mass is 173 g/mol. The van der Waals surface area contributed by atoms with E-state index in [1.54, 1.807) is 0 Å². The highest BCUT2D eigenvalue weighted by Gasteiger charge is 2.09. The van der Waals surface area contributed by atoms with E-state index in [1.165, 1.54) is 0 Å². The van der Waals surface area contributed by atoms with Crippen molar-refractivity contribution in [2.75, 3.05) is 6.54 Å². The number of hydrogen-bond acceptors (Lipinski definition) is 2. The van der Waals surface area contributed by atoms with Crippen molar-refractivity contribution in [2.45, 2.75) is 58.6 Å². The van der Waals surface area contributed by atoms with E-state index in [9.17, 15) is 5.11 Å². The van der Waals surface area contributed by atoms with Crippen LogP contribution in [0.1, 0.15) is 47.0 Å². The van der Waals surface area contributed by atoms with Gasteiger partial charge < -0.3 is 10.4 Å². The second-order valence-corrected chi connectivity index (χ2v) is 4.41. The van der Waals surface area contributed by atoms with Crippen LogP contribution in [0.4, 0.5) is 0 Å². The fourth-order valence-electron chi connectivity index (χ4n) is 1.09. The maximum absolute atomic E-state index is 9.41. The van der Waals surface area contributed by atoms with E-state index in [0.717, 1.165) is 25.8 Å². The lowest BCUT2D eigenvalue weighted by Crippen LogP contribution is -2.37. The number of nitrogens with one attached hydrogen (secondary N) is 1. The van der Waals surface area contributed by atoms with Crippen LogP contribution in [0.5, 0.6) is 0 Å². The second kappa shape index (κ2) is 5.55. The largest absolute Gasteiger partial charge is 0.393 e. The highest BCUT2D eigenvalue weighted by molar-refractivity contribution is 4.70. The van der Waals surface area contributed by atoms with Crippen LogP contribution in [0.3, 0.4) is 0 Å². The third-order valence-electron chi connectivity index (χ3n) is 1.75. The van der Waals surface area contributed by atoms with Gasteiger partial charge in [0.1, 0.15) is 0 Å². The van der Waals surface area contributed by atoms with Crippen molar-refractivity contribution in [2.24, 2.45) is 0 Å². The van der Waals surface area contributed by atoms with Gasteiger partial charge in [0.25, 0.3) is 0 Å². The Bertz CT molecular complexity index is 107. The molecule has 1 atom stereocenters. The highest BCUT2D eigenvalue weighted by Crippen LogP contribution is 2.02. The van der Waals surface area contributed by atoms with Crippen LogP contribution in [0.2, 0.25) is 0 Å². The third kappa shape index (κ3) is 8.02. The molecule has 12 heavy (non-hydrogen) atoms. The van der Waals surface area contributed by atoms with Gasteiger partial charge in [-0.25, -0.2) is 0 Å². The van der Waals surface area contributed by atoms with Gasteiger partial charge in [-0.05, 0) is 40.2 Å². The number of rotatable bonds is 5.